The van der Waals surface area contributed by atoms with Gasteiger partial charge in [-0.25, -0.2) is 0 Å². The lowest BCUT2D eigenvalue weighted by atomic mass is 9.64. The van der Waals surface area contributed by atoms with Crippen molar-refractivity contribution in [1.29, 1.82) is 0 Å². The standard InChI is InChI=1S/C12H13BrO4/c1-17-7-5-8(10(14)9(13)6-7)12(11(15)16)3-2-4-12/h5-6,14H,2-4H2,1H3,(H,15,16). The third kappa shape index (κ3) is 1.78. The van der Waals surface area contributed by atoms with Crippen LogP contribution in [0.2, 0.25) is 0 Å². The molecule has 0 heterocycles. The first-order valence-electron chi connectivity index (χ1n) is 5.31. The van der Waals surface area contributed by atoms with Crippen LogP contribution in [0, 0.1) is 0 Å². The van der Waals surface area contributed by atoms with E-state index in [2.05, 4.69) is 15.9 Å². The van der Waals surface area contributed by atoms with Crippen LogP contribution in [0.4, 0.5) is 0 Å². The van der Waals surface area contributed by atoms with E-state index < -0.39 is 11.4 Å². The minimum Gasteiger partial charge on any atom is -0.506 e. The Balaban J connectivity index is 2.57. The van der Waals surface area contributed by atoms with Crippen LogP contribution in [0.3, 0.4) is 0 Å². The number of aromatic hydroxyl groups is 1. The van der Waals surface area contributed by atoms with E-state index in [0.717, 1.165) is 6.42 Å². The summed E-state index contributed by atoms with van der Waals surface area (Å²) < 4.78 is 5.56. The van der Waals surface area contributed by atoms with Crippen molar-refractivity contribution in [2.24, 2.45) is 0 Å². The molecule has 0 spiro atoms. The summed E-state index contributed by atoms with van der Waals surface area (Å²) in [6.45, 7) is 0. The maximum absolute atomic E-state index is 11.4. The maximum Gasteiger partial charge on any atom is 0.314 e. The molecule has 92 valence electrons. The molecular weight excluding hydrogens is 288 g/mol. The summed E-state index contributed by atoms with van der Waals surface area (Å²) in [4.78, 5) is 11.4. The van der Waals surface area contributed by atoms with Gasteiger partial charge in [0.15, 0.2) is 0 Å². The van der Waals surface area contributed by atoms with E-state index in [1.807, 2.05) is 0 Å². The molecule has 1 aromatic rings. The highest BCUT2D eigenvalue weighted by atomic mass is 79.9. The Labute approximate surface area is 107 Å². The van der Waals surface area contributed by atoms with E-state index in [0.29, 0.717) is 28.6 Å². The first-order valence-corrected chi connectivity index (χ1v) is 6.11. The normalized spacial score (nSPS) is 17.3. The maximum atomic E-state index is 11.4. The number of methoxy groups -OCH3 is 1. The van der Waals surface area contributed by atoms with Crippen LogP contribution in [-0.2, 0) is 10.2 Å². The molecule has 1 aromatic carbocycles. The second-order valence-corrected chi connectivity index (χ2v) is 5.10. The van der Waals surface area contributed by atoms with Gasteiger partial charge in [-0.3, -0.25) is 4.79 Å². The lowest BCUT2D eigenvalue weighted by Gasteiger charge is -2.38. The van der Waals surface area contributed by atoms with Crippen molar-refractivity contribution in [3.63, 3.8) is 0 Å². The smallest absolute Gasteiger partial charge is 0.314 e. The zero-order valence-electron chi connectivity index (χ0n) is 9.36. The number of phenolic OH excluding ortho intramolecular Hbond substituents is 1. The minimum absolute atomic E-state index is 0.00657. The molecule has 1 aliphatic carbocycles. The molecule has 0 aromatic heterocycles. The van der Waals surface area contributed by atoms with E-state index in [1.165, 1.54) is 7.11 Å². The van der Waals surface area contributed by atoms with Crippen LogP contribution in [0.15, 0.2) is 16.6 Å². The van der Waals surface area contributed by atoms with Gasteiger partial charge in [0.1, 0.15) is 11.5 Å². The number of carbonyl (C=O) groups is 1. The third-order valence-electron chi connectivity index (χ3n) is 3.40. The summed E-state index contributed by atoms with van der Waals surface area (Å²) >= 11 is 3.21. The van der Waals surface area contributed by atoms with Crippen molar-refractivity contribution in [2.75, 3.05) is 7.11 Å². The highest BCUT2D eigenvalue weighted by Crippen LogP contribution is 2.50. The number of benzene rings is 1. The van der Waals surface area contributed by atoms with Crippen molar-refractivity contribution < 1.29 is 19.7 Å². The highest BCUT2D eigenvalue weighted by Gasteiger charge is 2.48. The quantitative estimate of drug-likeness (QED) is 0.900. The number of carboxylic acids is 1. The van der Waals surface area contributed by atoms with Crippen molar-refractivity contribution in [2.45, 2.75) is 24.7 Å². The Kier molecular flexibility index (Phi) is 3.03. The molecule has 17 heavy (non-hydrogen) atoms. The molecule has 0 atom stereocenters. The van der Waals surface area contributed by atoms with Gasteiger partial charge in [0, 0.05) is 5.56 Å². The first-order chi connectivity index (χ1) is 8.01. The van der Waals surface area contributed by atoms with Gasteiger partial charge in [-0.05, 0) is 40.9 Å². The molecule has 1 saturated carbocycles. The van der Waals surface area contributed by atoms with Crippen LogP contribution < -0.4 is 4.74 Å². The van der Waals surface area contributed by atoms with Crippen LogP contribution in [0.5, 0.6) is 11.5 Å². The Morgan fingerprint density at radius 3 is 2.53 bits per heavy atom. The fourth-order valence-electron chi connectivity index (χ4n) is 2.19. The van der Waals surface area contributed by atoms with Crippen LogP contribution in [-0.4, -0.2) is 23.3 Å². The molecule has 0 radical (unpaired) electrons. The summed E-state index contributed by atoms with van der Waals surface area (Å²) in [5.41, 5.74) is -0.524. The number of aliphatic carboxylic acids is 1. The Hall–Kier alpha value is -1.23. The van der Waals surface area contributed by atoms with Gasteiger partial charge in [-0.1, -0.05) is 6.42 Å². The molecule has 0 saturated heterocycles. The summed E-state index contributed by atoms with van der Waals surface area (Å²) in [5.74, 6) is -0.357. The third-order valence-corrected chi connectivity index (χ3v) is 4.01. The molecule has 0 amide bonds. The average Bonchev–Trinajstić information content (AvgIpc) is 2.21. The number of hydrogen-bond acceptors (Lipinski definition) is 3. The van der Waals surface area contributed by atoms with Crippen molar-refractivity contribution in [3.8, 4) is 11.5 Å². The predicted octanol–water partition coefficient (Wildman–Crippen LogP) is 2.67. The largest absolute Gasteiger partial charge is 0.506 e. The lowest BCUT2D eigenvalue weighted by Crippen LogP contribution is -2.42. The lowest BCUT2D eigenvalue weighted by molar-refractivity contribution is -0.147. The van der Waals surface area contributed by atoms with Gasteiger partial charge in [-0.2, -0.15) is 0 Å². The number of hydrogen-bond donors (Lipinski definition) is 2. The molecular formula is C12H13BrO4. The second-order valence-electron chi connectivity index (χ2n) is 4.25. The van der Waals surface area contributed by atoms with Gasteiger partial charge in [-0.15, -0.1) is 0 Å². The zero-order chi connectivity index (χ0) is 12.6. The van der Waals surface area contributed by atoms with Crippen LogP contribution >= 0.6 is 15.9 Å². The minimum atomic E-state index is -0.957. The Morgan fingerprint density at radius 1 is 1.47 bits per heavy atom. The topological polar surface area (TPSA) is 66.8 Å². The molecule has 1 fully saturated rings. The molecule has 0 bridgehead atoms. The molecule has 5 heteroatoms. The van der Waals surface area contributed by atoms with E-state index in [-0.39, 0.29) is 5.75 Å². The summed E-state index contributed by atoms with van der Waals surface area (Å²) in [6.07, 6.45) is 1.96. The monoisotopic (exact) mass is 300 g/mol. The van der Waals surface area contributed by atoms with Gasteiger partial charge >= 0.3 is 5.97 Å². The van der Waals surface area contributed by atoms with Gasteiger partial charge in [0.05, 0.1) is 17.0 Å². The highest BCUT2D eigenvalue weighted by molar-refractivity contribution is 9.10. The number of halogens is 1. The van der Waals surface area contributed by atoms with Crippen molar-refractivity contribution in [1.82, 2.24) is 0 Å². The number of carboxylic acid groups (broad SMARTS) is 1. The Bertz CT molecular complexity index is 466. The fraction of sp³-hybridized carbons (Fsp3) is 0.417. The van der Waals surface area contributed by atoms with Crippen molar-refractivity contribution >= 4 is 21.9 Å². The number of ether oxygens (including phenoxy) is 1. The van der Waals surface area contributed by atoms with E-state index in [1.54, 1.807) is 12.1 Å². The average molecular weight is 301 g/mol. The van der Waals surface area contributed by atoms with E-state index in [9.17, 15) is 15.0 Å². The van der Waals surface area contributed by atoms with Gasteiger partial charge in [0.2, 0.25) is 0 Å². The van der Waals surface area contributed by atoms with Crippen LogP contribution in [0.1, 0.15) is 24.8 Å². The molecule has 4 nitrogen and oxygen atoms in total. The summed E-state index contributed by atoms with van der Waals surface area (Å²) in [7, 11) is 1.51. The van der Waals surface area contributed by atoms with Gasteiger partial charge in [0.25, 0.3) is 0 Å². The van der Waals surface area contributed by atoms with Crippen molar-refractivity contribution in [3.05, 3.63) is 22.2 Å². The van der Waals surface area contributed by atoms with Gasteiger partial charge < -0.3 is 14.9 Å². The molecule has 2 N–H and O–H groups in total. The number of phenols is 1. The Morgan fingerprint density at radius 2 is 2.12 bits per heavy atom. The summed E-state index contributed by atoms with van der Waals surface area (Å²) in [6, 6.07) is 3.22. The molecule has 2 rings (SSSR count). The number of rotatable bonds is 3. The van der Waals surface area contributed by atoms with E-state index in [4.69, 9.17) is 4.74 Å². The van der Waals surface area contributed by atoms with Crippen LogP contribution in [0.25, 0.3) is 0 Å². The fourth-order valence-corrected chi connectivity index (χ4v) is 2.62. The molecule has 1 aliphatic rings. The SMILES string of the molecule is COc1cc(Br)c(O)c(C2(C(=O)O)CCC2)c1. The van der Waals surface area contributed by atoms with E-state index >= 15 is 0 Å². The summed E-state index contributed by atoms with van der Waals surface area (Å²) in [5, 5.41) is 19.4. The molecule has 0 aliphatic heterocycles. The molecule has 0 unspecified atom stereocenters. The zero-order valence-corrected chi connectivity index (χ0v) is 11.0. The first kappa shape index (κ1) is 12.2. The predicted molar refractivity (Wildman–Crippen MR) is 65.5 cm³/mol. The second kappa shape index (κ2) is 4.22.